The van der Waals surface area contributed by atoms with Crippen molar-refractivity contribution in [2.45, 2.75) is 198 Å². The Morgan fingerprint density at radius 3 is 1.20 bits per heavy atom. The summed E-state index contributed by atoms with van der Waals surface area (Å²) in [4.78, 5) is 219. The predicted molar refractivity (Wildman–Crippen MR) is 408 cm³/mol. The molecule has 0 unspecified atom stereocenters. The topological polar surface area (TPSA) is 717 Å². The highest BCUT2D eigenvalue weighted by molar-refractivity contribution is 5.99. The van der Waals surface area contributed by atoms with Crippen molar-refractivity contribution in [3.05, 3.63) is 65.7 Å². The maximum absolute atomic E-state index is 14.4. The van der Waals surface area contributed by atoms with Crippen LogP contribution in [-0.2, 0) is 89.6 Å². The van der Waals surface area contributed by atoms with Crippen LogP contribution < -0.4 is 109 Å². The molecule has 42 heteroatoms. The Kier molecular flexibility index (Phi) is 46.6. The molecule has 112 heavy (non-hydrogen) atoms. The normalized spacial score (nSPS) is 13.7. The fraction of sp³-hybridized carbons (Fsp3) is 0.571. The minimum atomic E-state index is -1.87. The molecule has 0 spiro atoms. The molecule has 14 amide bonds. The number of nitrogens with two attached hydrogens (primary N) is 7. The van der Waals surface area contributed by atoms with E-state index < -0.39 is 200 Å². The van der Waals surface area contributed by atoms with Gasteiger partial charge in [-0.2, -0.15) is 0 Å². The first-order valence-electron chi connectivity index (χ1n) is 36.2. The highest BCUT2D eigenvalue weighted by Gasteiger charge is 2.37. The average Bonchev–Trinajstić information content (AvgIpc) is 0.844. The number of aliphatic hydroxyl groups is 1. The van der Waals surface area contributed by atoms with Gasteiger partial charge in [-0.05, 0) is 120 Å². The Hall–Kier alpha value is -11.8. The van der Waals surface area contributed by atoms with Crippen LogP contribution in [0.3, 0.4) is 0 Å². The third kappa shape index (κ3) is 43.4. The molecule has 624 valence electrons. The van der Waals surface area contributed by atoms with Crippen molar-refractivity contribution in [2.24, 2.45) is 62.0 Å². The summed E-state index contributed by atoms with van der Waals surface area (Å²) in [7, 11) is 0. The summed E-state index contributed by atoms with van der Waals surface area (Å²) >= 11 is 0. The molecule has 0 heterocycles. The summed E-state index contributed by atoms with van der Waals surface area (Å²) in [5, 5.41) is 69.4. The van der Waals surface area contributed by atoms with E-state index in [1.807, 2.05) is 13.8 Å². The largest absolute Gasteiger partial charge is 0.508 e. The quantitative estimate of drug-likeness (QED) is 0.0166. The minimum Gasteiger partial charge on any atom is -0.508 e. The number of hydrogen-bond donors (Lipinski definition) is 24. The number of carbonyl (C=O) groups is 16. The number of aliphatic carboxylic acids is 2. The zero-order valence-electron chi connectivity index (χ0n) is 64.1. The second-order valence-electron chi connectivity index (χ2n) is 27.0. The van der Waals surface area contributed by atoms with Gasteiger partial charge in [-0.3, -0.25) is 86.7 Å². The molecular weight excluding hydrogens is 1470 g/mol. The average molecular weight is 1580 g/mol. The van der Waals surface area contributed by atoms with E-state index in [-0.39, 0.29) is 107 Å². The van der Waals surface area contributed by atoms with Gasteiger partial charge in [-0.25, -0.2) is 0 Å². The molecule has 11 atom stereocenters. The molecule has 2 aromatic carbocycles. The molecule has 0 aromatic heterocycles. The molecular formula is C70H114N22O20. The molecule has 0 fully saturated rings. The van der Waals surface area contributed by atoms with Crippen LogP contribution in [0.2, 0.25) is 0 Å². The first-order chi connectivity index (χ1) is 52.6. The molecule has 31 N–H and O–H groups in total. The van der Waals surface area contributed by atoms with Crippen LogP contribution in [0.4, 0.5) is 0 Å². The lowest BCUT2D eigenvalue weighted by Gasteiger charge is -2.28. The number of guanidine groups is 2. The monoisotopic (exact) mass is 1580 g/mol. The Morgan fingerprint density at radius 1 is 0.411 bits per heavy atom. The molecule has 0 saturated carbocycles. The first-order valence-corrected chi connectivity index (χ1v) is 36.2. The maximum atomic E-state index is 14.4. The minimum absolute atomic E-state index is 0.00289. The summed E-state index contributed by atoms with van der Waals surface area (Å²) in [5.41, 5.74) is 40.0. The predicted octanol–water partition coefficient (Wildman–Crippen LogP) is -7.50. The van der Waals surface area contributed by atoms with E-state index in [4.69, 9.17) is 55.1 Å². The number of nitrogens with zero attached hydrogens (tertiary/aromatic N) is 2. The van der Waals surface area contributed by atoms with E-state index in [1.165, 1.54) is 31.2 Å². The number of aromatic hydroxyl groups is 1. The number of aliphatic hydroxyl groups excluding tert-OH is 1. The highest BCUT2D eigenvalue weighted by atomic mass is 16.4. The summed E-state index contributed by atoms with van der Waals surface area (Å²) in [6.07, 6.45) is -2.54. The number of unbranched alkanes of at least 4 members (excludes halogenated alkanes) is 1. The van der Waals surface area contributed by atoms with Gasteiger partial charge >= 0.3 is 5.97 Å². The summed E-state index contributed by atoms with van der Waals surface area (Å²) in [5.74, 6) is -16.2. The van der Waals surface area contributed by atoms with E-state index in [2.05, 4.69) is 79.1 Å². The van der Waals surface area contributed by atoms with Crippen molar-refractivity contribution in [3.63, 3.8) is 0 Å². The van der Waals surface area contributed by atoms with Gasteiger partial charge in [0.2, 0.25) is 82.7 Å². The Balaban J connectivity index is 0.0000153. The van der Waals surface area contributed by atoms with E-state index in [0.717, 1.165) is 13.8 Å². The van der Waals surface area contributed by atoms with Crippen LogP contribution in [0.15, 0.2) is 64.6 Å². The van der Waals surface area contributed by atoms with Crippen LogP contribution in [0.5, 0.6) is 5.75 Å². The van der Waals surface area contributed by atoms with E-state index in [1.54, 1.807) is 44.2 Å². The summed E-state index contributed by atoms with van der Waals surface area (Å²) < 4.78 is 0. The molecule has 0 saturated heterocycles. The number of carboxylic acid groups (broad SMARTS) is 2. The molecule has 2 rings (SSSR count). The number of phenolic OH excluding ortho intramolecular Hbond substituents is 1. The number of hydrogen-bond acceptors (Lipinski definition) is 22. The number of rotatable bonds is 51. The molecule has 0 radical (unpaired) electrons. The van der Waals surface area contributed by atoms with Crippen LogP contribution in [0, 0.1) is 11.8 Å². The van der Waals surface area contributed by atoms with E-state index in [0.29, 0.717) is 24.0 Å². The van der Waals surface area contributed by atoms with Gasteiger partial charge in [0.1, 0.15) is 66.7 Å². The van der Waals surface area contributed by atoms with Crippen LogP contribution >= 0.6 is 0 Å². The van der Waals surface area contributed by atoms with E-state index in [9.17, 15) is 82.1 Å². The fourth-order valence-electron chi connectivity index (χ4n) is 10.3. The SMILES string of the molecule is CC(=O)O.CC(C)C[C@H](NC(=O)[C@H](C)N)C(=O)N[C@@H](CCCCN)C(=O)N[C@@H](CCCN=C(N)N)C(=O)N[C@@H](CCC(N)=O)C(=O)NCC(=O)N[C@@H](CCCN=C(N)N)C(=O)N[C@H](C(=O)N[C@@H](CC(C)C)C(=O)N[C@@H](Cc1ccc(O)cc1)C(=O)NCC(=O)N[C@@H](Cc1ccccc1)C(=O)NCC(=O)NCC(=O)O)[C@@H](C)O. The van der Waals surface area contributed by atoms with Gasteiger partial charge in [0.25, 0.3) is 5.97 Å². The lowest BCUT2D eigenvalue weighted by molar-refractivity contribution is -0.138. The van der Waals surface area contributed by atoms with Crippen molar-refractivity contribution >= 4 is 107 Å². The molecule has 0 aliphatic carbocycles. The van der Waals surface area contributed by atoms with Crippen LogP contribution in [0.1, 0.15) is 130 Å². The molecule has 0 bridgehead atoms. The lowest BCUT2D eigenvalue weighted by Crippen LogP contribution is -2.61. The smallest absolute Gasteiger partial charge is 0.322 e. The van der Waals surface area contributed by atoms with Crippen molar-refractivity contribution in [3.8, 4) is 5.75 Å². The number of phenols is 1. The van der Waals surface area contributed by atoms with Gasteiger partial charge < -0.3 is 130 Å². The number of primary amides is 1. The number of amides is 14. The van der Waals surface area contributed by atoms with E-state index >= 15 is 0 Å². The van der Waals surface area contributed by atoms with Crippen molar-refractivity contribution in [1.82, 2.24) is 69.1 Å². The number of carboxylic acids is 2. The van der Waals surface area contributed by atoms with Crippen molar-refractivity contribution in [2.75, 3.05) is 45.8 Å². The zero-order valence-corrected chi connectivity index (χ0v) is 64.1. The summed E-state index contributed by atoms with van der Waals surface area (Å²) in [6.45, 7) is 7.73. The summed E-state index contributed by atoms with van der Waals surface area (Å²) in [6, 6.07) is -0.366. The first kappa shape index (κ1) is 98.2. The van der Waals surface area contributed by atoms with Crippen molar-refractivity contribution < 1.29 is 97.1 Å². The highest BCUT2D eigenvalue weighted by Crippen LogP contribution is 2.15. The van der Waals surface area contributed by atoms with Crippen LogP contribution in [0.25, 0.3) is 0 Å². The second kappa shape index (κ2) is 53.1. The van der Waals surface area contributed by atoms with Crippen LogP contribution in [-0.4, -0.2) is 239 Å². The van der Waals surface area contributed by atoms with Crippen molar-refractivity contribution in [1.29, 1.82) is 0 Å². The number of carbonyl (C=O) groups excluding carboxylic acids is 14. The third-order valence-corrected chi connectivity index (χ3v) is 15.9. The maximum Gasteiger partial charge on any atom is 0.322 e. The Bertz CT molecular complexity index is 3500. The molecule has 2 aromatic rings. The molecule has 0 aliphatic rings. The van der Waals surface area contributed by atoms with Gasteiger partial charge in [-0.1, -0.05) is 70.2 Å². The van der Waals surface area contributed by atoms with Gasteiger partial charge in [-0.15, -0.1) is 0 Å². The molecule has 42 nitrogen and oxygen atoms in total. The van der Waals surface area contributed by atoms with Gasteiger partial charge in [0.05, 0.1) is 31.8 Å². The number of benzene rings is 2. The number of nitrogens with one attached hydrogen (secondary N) is 13. The van der Waals surface area contributed by atoms with Gasteiger partial charge in [0, 0.05) is 39.3 Å². The third-order valence-electron chi connectivity index (χ3n) is 15.9. The van der Waals surface area contributed by atoms with Gasteiger partial charge in [0.15, 0.2) is 11.9 Å². The number of aliphatic imine (C=N–C) groups is 2. The Labute approximate surface area is 648 Å². The lowest BCUT2D eigenvalue weighted by atomic mass is 10.00. The second-order valence-corrected chi connectivity index (χ2v) is 27.0. The molecule has 0 aliphatic heterocycles. The standard InChI is InChI=1S/C68H110N22O18.C2H4O2/c1-36(2)28-47(87-57(99)38(5)70)64(106)85-44(16-10-11-25-69)61(103)84-45(18-13-27-77-68(74)75)62(104)86-46(23-24-51(71)93)58(100)80-33-53(95)82-43(17-12-26-76-67(72)73)63(105)90-56(39(6)91)66(108)89-48(29-37(3)4)65(107)88-50(31-41-19-21-42(92)22-20-41)60(102)81-34-54(96)83-49(30-40-14-8-7-9-15-40)59(101)79-32-52(94)78-35-55(97)98;1-2(3)4/h7-9,14-15,19-22,36-39,43-50,56,91-92H,10-13,16-18,23-35,69-70H2,1-6H3,(H2,71,93)(H,78,94)(H,79,101)(H,80,100)(H,81,102)(H,82,95)(H,83,96)(H,84,103)(H,85,106)(H,86,104)(H,87,99)(H,88,107)(H,89,108)(H,90,105)(H,97,98)(H4,72,73,76)(H4,74,75,77);1H3,(H,3,4)/t38-,39+,43-,44-,45-,46-,47-,48-,49-,50-,56-;/m0./s1. The fourth-order valence-corrected chi connectivity index (χ4v) is 10.3. The zero-order chi connectivity index (χ0) is 84.7. The Morgan fingerprint density at radius 2 is 0.777 bits per heavy atom.